The molecular formula is C101H105ClFN9O9. The number of hydrogen-bond donors (Lipinski definition) is 1. The van der Waals surface area contributed by atoms with Crippen molar-refractivity contribution in [2.24, 2.45) is 0 Å². The number of hydrogen-bond acceptors (Lipinski definition) is 14. The molecule has 121 heavy (non-hydrogen) atoms. The molecule has 12 rings (SSSR count). The van der Waals surface area contributed by atoms with Crippen LogP contribution in [0.15, 0.2) is 267 Å². The molecule has 0 atom stereocenters. The van der Waals surface area contributed by atoms with Crippen molar-refractivity contribution >= 4 is 86.9 Å². The van der Waals surface area contributed by atoms with Crippen LogP contribution in [-0.2, 0) is 44.9 Å². The smallest absolute Gasteiger partial charge is 0.226 e. The molecule has 0 saturated heterocycles. The molecule has 0 unspecified atom stereocenters. The van der Waals surface area contributed by atoms with E-state index in [0.717, 1.165) is 89.5 Å². The van der Waals surface area contributed by atoms with Crippen LogP contribution in [0.5, 0.6) is 5.88 Å². The molecule has 622 valence electrons. The average molecular weight is 1640 g/mol. The Hall–Kier alpha value is -13.3. The van der Waals surface area contributed by atoms with Gasteiger partial charge in [0, 0.05) is 153 Å². The van der Waals surface area contributed by atoms with Crippen LogP contribution in [0.3, 0.4) is 0 Å². The maximum absolute atomic E-state index is 12.9. The van der Waals surface area contributed by atoms with E-state index in [4.69, 9.17) is 22.1 Å². The molecule has 20 heteroatoms. The fraction of sp³-hybridized carbons (Fsp3) is 0.248. The number of aryl methyl sites for hydroxylation is 4. The topological polar surface area (TPSA) is 236 Å². The summed E-state index contributed by atoms with van der Waals surface area (Å²) in [4.78, 5) is 121. The largest absolute Gasteiger partial charge is 0.481 e. The lowest BCUT2D eigenvalue weighted by Gasteiger charge is -2.20. The fourth-order valence-electron chi connectivity index (χ4n) is 13.5. The van der Waals surface area contributed by atoms with Gasteiger partial charge >= 0.3 is 0 Å². The van der Waals surface area contributed by atoms with Crippen LogP contribution in [0.25, 0.3) is 44.5 Å². The Morgan fingerprint density at radius 2 is 0.545 bits per heavy atom. The predicted molar refractivity (Wildman–Crippen MR) is 484 cm³/mol. The van der Waals surface area contributed by atoms with Crippen LogP contribution in [-0.4, -0.2) is 100.0 Å². The number of carbonyl (C=O) groups excluding carboxylic acids is 8. The minimum absolute atomic E-state index is 0.0397. The van der Waals surface area contributed by atoms with E-state index in [2.05, 4.69) is 19.9 Å². The van der Waals surface area contributed by atoms with Gasteiger partial charge in [-0.3, -0.25) is 38.4 Å². The number of pyridine rings is 4. The normalized spacial score (nSPS) is 10.6. The number of methoxy groups -OCH3 is 1. The first kappa shape index (κ1) is 91.6. The van der Waals surface area contributed by atoms with Crippen molar-refractivity contribution < 1.29 is 47.5 Å². The highest BCUT2D eigenvalue weighted by Gasteiger charge is 2.19. The minimum Gasteiger partial charge on any atom is -0.481 e. The number of halogens is 2. The Morgan fingerprint density at radius 1 is 0.306 bits per heavy atom. The Kier molecular flexibility index (Phi) is 35.4. The second kappa shape index (κ2) is 46.8. The summed E-state index contributed by atoms with van der Waals surface area (Å²) in [6.45, 7) is 17.9. The van der Waals surface area contributed by atoms with E-state index in [1.807, 2.05) is 268 Å². The first-order chi connectivity index (χ1) is 58.6. The van der Waals surface area contributed by atoms with Crippen LogP contribution in [0.4, 0.5) is 33.0 Å². The molecule has 0 bridgehead atoms. The van der Waals surface area contributed by atoms with Crippen LogP contribution in [0, 0.1) is 5.95 Å². The Bertz CT molecular complexity index is 4950. The molecule has 12 aromatic rings. The zero-order valence-corrected chi connectivity index (χ0v) is 71.1. The van der Waals surface area contributed by atoms with Gasteiger partial charge in [0.15, 0.2) is 23.1 Å². The molecule has 0 radical (unpaired) electrons. The highest BCUT2D eigenvalue weighted by molar-refractivity contribution is 6.29. The summed E-state index contributed by atoms with van der Waals surface area (Å²) in [6, 6.07) is 76.1. The number of anilines is 5. The van der Waals surface area contributed by atoms with Gasteiger partial charge in [0.25, 0.3) is 0 Å². The van der Waals surface area contributed by atoms with Crippen LogP contribution < -0.4 is 30.1 Å². The molecule has 18 nitrogen and oxygen atoms in total. The van der Waals surface area contributed by atoms with Gasteiger partial charge in [-0.2, -0.15) is 4.39 Å². The molecule has 0 aliphatic rings. The molecule has 4 amide bonds. The third kappa shape index (κ3) is 26.9. The molecule has 0 fully saturated rings. The summed E-state index contributed by atoms with van der Waals surface area (Å²) in [5, 5.41) is 0.452. The molecule has 0 aliphatic carbocycles. The molecule has 0 saturated carbocycles. The van der Waals surface area contributed by atoms with E-state index < -0.39 is 5.95 Å². The van der Waals surface area contributed by atoms with E-state index in [1.165, 1.54) is 12.3 Å². The first-order valence-electron chi connectivity index (χ1n) is 41.2. The fourth-order valence-corrected chi connectivity index (χ4v) is 13.6. The van der Waals surface area contributed by atoms with Crippen molar-refractivity contribution in [2.45, 2.75) is 132 Å². The highest BCUT2D eigenvalue weighted by Crippen LogP contribution is 2.31. The molecule has 4 aromatic heterocycles. The second-order valence-corrected chi connectivity index (χ2v) is 28.8. The van der Waals surface area contributed by atoms with E-state index in [0.29, 0.717) is 142 Å². The Morgan fingerprint density at radius 3 is 0.752 bits per heavy atom. The van der Waals surface area contributed by atoms with Crippen molar-refractivity contribution in [1.82, 2.24) is 19.9 Å². The lowest BCUT2D eigenvalue weighted by atomic mass is 9.99. The van der Waals surface area contributed by atoms with E-state index in [-0.39, 0.29) is 46.8 Å². The maximum atomic E-state index is 12.9. The summed E-state index contributed by atoms with van der Waals surface area (Å²) in [5.41, 5.74) is 24.0. The number of nitrogens with zero attached hydrogens (tertiary/aromatic N) is 8. The number of nitrogen functional groups attached to an aromatic ring is 1. The number of carbonyl (C=O) groups is 8. The van der Waals surface area contributed by atoms with Gasteiger partial charge < -0.3 is 30.1 Å². The molecule has 4 heterocycles. The lowest BCUT2D eigenvalue weighted by molar-refractivity contribution is -0.119. The number of benzene rings is 8. The van der Waals surface area contributed by atoms with Gasteiger partial charge in [-0.25, -0.2) is 19.9 Å². The summed E-state index contributed by atoms with van der Waals surface area (Å²) in [7, 11) is 1.58. The summed E-state index contributed by atoms with van der Waals surface area (Å²) < 4.78 is 17.9. The number of amides is 4. The Labute approximate surface area is 714 Å². The SMILES string of the molecule is CCC(=O)N(CC)c1ccc(-c2ccc(C(=O)CCc3ccc(Cl)nc3)cc2)cc1.CCC(=O)N(CC)c1ccc(-c2ccc(C(=O)CCc3ccc(F)nc3)cc2)cc1.CCC(=O)N(CC)c1ccc(-c2ccc(C(=O)CCc3ccc(N)nc3)cc2)cc1.CCC(=O)N(CC)c1ccc(-c2ccc(C(=O)CCc3ccc(OC)nc3)cc2)cc1. The number of aromatic nitrogens is 4. The van der Waals surface area contributed by atoms with Crippen LogP contribution in [0.1, 0.15) is 170 Å². The van der Waals surface area contributed by atoms with Crippen molar-refractivity contribution in [1.29, 1.82) is 0 Å². The monoisotopic (exact) mass is 1640 g/mol. The van der Waals surface area contributed by atoms with Gasteiger partial charge in [-0.1, -0.05) is 209 Å². The first-order valence-corrected chi connectivity index (χ1v) is 41.5. The third-order valence-corrected chi connectivity index (χ3v) is 20.8. The van der Waals surface area contributed by atoms with Gasteiger partial charge in [0.1, 0.15) is 11.0 Å². The van der Waals surface area contributed by atoms with Crippen LogP contribution in [0.2, 0.25) is 5.15 Å². The lowest BCUT2D eigenvalue weighted by Crippen LogP contribution is -2.29. The van der Waals surface area contributed by atoms with Gasteiger partial charge in [0.2, 0.25) is 35.5 Å². The number of rotatable bonds is 33. The van der Waals surface area contributed by atoms with E-state index in [1.54, 1.807) is 69.6 Å². The van der Waals surface area contributed by atoms with E-state index >= 15 is 0 Å². The molecule has 8 aromatic carbocycles. The standard InChI is InChI=1S/C26H28N2O3.C25H25ClN2O2.C25H25FN2O2.C25H27N3O2/c1-4-26(30)28(5-2)23-14-12-21(13-15-23)20-8-10-22(11-9-20)24(29)16-6-19-7-17-25(31-3)27-18-19;3*1-3-25(30)28(4-2)22-13-11-20(12-14-22)19-7-9-21(10-8-19)23(29)15-5-18-6-16-24(26)27-17-18/h7-15,17-18H,4-6,16H2,1-3H3;2*6-14,16-17H,3-5,15H2,1-2H3;6-14,16-17H,3-5,15H2,1-2H3,(H2,26,27). The van der Waals surface area contributed by atoms with Crippen molar-refractivity contribution in [3.05, 3.63) is 323 Å². The quantitative estimate of drug-likeness (QED) is 0.0297. The summed E-state index contributed by atoms with van der Waals surface area (Å²) in [5.74, 6) is 1.32. The number of ketones is 4. The minimum atomic E-state index is -0.520. The van der Waals surface area contributed by atoms with Crippen molar-refractivity contribution in [3.63, 3.8) is 0 Å². The van der Waals surface area contributed by atoms with Gasteiger partial charge in [-0.15, -0.1) is 0 Å². The molecular weight excluding hydrogens is 1540 g/mol. The van der Waals surface area contributed by atoms with E-state index in [9.17, 15) is 42.7 Å². The van der Waals surface area contributed by atoms with Crippen molar-refractivity contribution in [3.8, 4) is 50.4 Å². The van der Waals surface area contributed by atoms with Crippen molar-refractivity contribution in [2.75, 3.05) is 58.6 Å². The maximum Gasteiger partial charge on any atom is 0.226 e. The third-order valence-electron chi connectivity index (χ3n) is 20.6. The molecule has 0 aliphatic heterocycles. The van der Waals surface area contributed by atoms with Gasteiger partial charge in [-0.05, 0) is 187 Å². The highest BCUT2D eigenvalue weighted by atomic mass is 35.5. The number of nitrogens with two attached hydrogens (primary N) is 1. The van der Waals surface area contributed by atoms with Gasteiger partial charge in [0.05, 0.1) is 7.11 Å². The summed E-state index contributed by atoms with van der Waals surface area (Å²) in [6.07, 6.45) is 12.6. The second-order valence-electron chi connectivity index (χ2n) is 28.4. The number of Topliss-reactive ketones (excluding diaryl/α,β-unsaturated/α-hetero) is 4. The zero-order valence-electron chi connectivity index (χ0n) is 70.3. The van der Waals surface area contributed by atoms with Crippen LogP contribution >= 0.6 is 11.6 Å². The summed E-state index contributed by atoms with van der Waals surface area (Å²) >= 11 is 5.79. The molecule has 0 spiro atoms. The Balaban J connectivity index is 0.000000183. The predicted octanol–water partition coefficient (Wildman–Crippen LogP) is 21.7. The molecule has 2 N–H and O–H groups in total. The number of ether oxygens (including phenoxy) is 1. The zero-order chi connectivity index (χ0) is 86.7. The average Bonchev–Trinajstić information content (AvgIpc) is 0.841.